The maximum Gasteiger partial charge on any atom is 0.224 e. The molecule has 0 radical (unpaired) electrons. The van der Waals surface area contributed by atoms with E-state index in [-0.39, 0.29) is 17.4 Å². The van der Waals surface area contributed by atoms with Gasteiger partial charge in [-0.1, -0.05) is 30.3 Å². The summed E-state index contributed by atoms with van der Waals surface area (Å²) in [5.74, 6) is 0.343. The van der Waals surface area contributed by atoms with Crippen LogP contribution in [0.1, 0.15) is 38.7 Å². The number of carbonyl (C=O) groups excluding carboxylic acids is 1. The quantitative estimate of drug-likeness (QED) is 0.866. The van der Waals surface area contributed by atoms with E-state index in [4.69, 9.17) is 0 Å². The molecule has 0 unspecified atom stereocenters. The van der Waals surface area contributed by atoms with E-state index < -0.39 is 0 Å². The van der Waals surface area contributed by atoms with Crippen LogP contribution in [0.2, 0.25) is 0 Å². The number of aryl methyl sites for hydroxylation is 1. The third-order valence-electron chi connectivity index (χ3n) is 4.01. The molecule has 110 valence electrons. The summed E-state index contributed by atoms with van der Waals surface area (Å²) in [5, 5.41) is 6.52. The Hall–Kier alpha value is -1.35. The predicted molar refractivity (Wildman–Crippen MR) is 82.6 cm³/mol. The first-order chi connectivity index (χ1) is 9.57. The number of rotatable bonds is 5. The molecule has 1 heterocycles. The van der Waals surface area contributed by atoms with Gasteiger partial charge in [0.25, 0.3) is 0 Å². The van der Waals surface area contributed by atoms with Crippen molar-refractivity contribution >= 4 is 5.91 Å². The molecule has 1 aromatic rings. The Morgan fingerprint density at radius 2 is 2.10 bits per heavy atom. The van der Waals surface area contributed by atoms with E-state index in [1.807, 2.05) is 6.07 Å². The molecular formula is C17H26N2O. The molecule has 3 nitrogen and oxygen atoms in total. The van der Waals surface area contributed by atoms with Gasteiger partial charge in [-0.25, -0.2) is 0 Å². The van der Waals surface area contributed by atoms with Crippen molar-refractivity contribution in [1.82, 2.24) is 10.6 Å². The molecule has 2 N–H and O–H groups in total. The molecule has 0 saturated carbocycles. The second-order valence-corrected chi connectivity index (χ2v) is 6.40. The number of amides is 1. The number of piperidine rings is 1. The van der Waals surface area contributed by atoms with Crippen molar-refractivity contribution in [1.29, 1.82) is 0 Å². The minimum absolute atomic E-state index is 0.139. The lowest BCUT2D eigenvalue weighted by molar-refractivity contribution is -0.127. The average molecular weight is 274 g/mol. The minimum atomic E-state index is -0.148. The van der Waals surface area contributed by atoms with Gasteiger partial charge in [-0.05, 0) is 51.6 Å². The molecule has 0 aromatic heterocycles. The lowest BCUT2D eigenvalue weighted by Crippen LogP contribution is -2.49. The first kappa shape index (κ1) is 15.0. The van der Waals surface area contributed by atoms with Crippen molar-refractivity contribution in [3.63, 3.8) is 0 Å². The van der Waals surface area contributed by atoms with E-state index in [2.05, 4.69) is 48.7 Å². The van der Waals surface area contributed by atoms with Crippen LogP contribution in [0.15, 0.2) is 30.3 Å². The molecule has 2 rings (SSSR count). The molecule has 0 bridgehead atoms. The van der Waals surface area contributed by atoms with Gasteiger partial charge < -0.3 is 10.6 Å². The molecule has 1 aromatic carbocycles. The number of hydrogen-bond donors (Lipinski definition) is 2. The van der Waals surface area contributed by atoms with Crippen molar-refractivity contribution in [2.45, 2.75) is 45.1 Å². The molecule has 1 aliphatic rings. The fraction of sp³-hybridized carbons (Fsp3) is 0.588. The topological polar surface area (TPSA) is 41.1 Å². The zero-order valence-electron chi connectivity index (χ0n) is 12.6. The van der Waals surface area contributed by atoms with E-state index in [0.717, 1.165) is 38.8 Å². The van der Waals surface area contributed by atoms with Crippen molar-refractivity contribution in [2.24, 2.45) is 5.92 Å². The smallest absolute Gasteiger partial charge is 0.224 e. The van der Waals surface area contributed by atoms with E-state index in [0.29, 0.717) is 0 Å². The van der Waals surface area contributed by atoms with E-state index in [9.17, 15) is 4.79 Å². The zero-order valence-corrected chi connectivity index (χ0v) is 12.6. The molecule has 1 fully saturated rings. The van der Waals surface area contributed by atoms with Crippen LogP contribution >= 0.6 is 0 Å². The fourth-order valence-corrected chi connectivity index (χ4v) is 2.68. The summed E-state index contributed by atoms with van der Waals surface area (Å²) in [6.07, 6.45) is 4.07. The third kappa shape index (κ3) is 4.64. The van der Waals surface area contributed by atoms with Gasteiger partial charge in [0.2, 0.25) is 5.91 Å². The molecule has 1 saturated heterocycles. The third-order valence-corrected chi connectivity index (χ3v) is 4.01. The molecule has 0 spiro atoms. The first-order valence-corrected chi connectivity index (χ1v) is 7.63. The Kier molecular flexibility index (Phi) is 5.18. The van der Waals surface area contributed by atoms with Crippen molar-refractivity contribution in [2.75, 3.05) is 13.1 Å². The number of nitrogens with one attached hydrogen (secondary N) is 2. The van der Waals surface area contributed by atoms with Gasteiger partial charge in [-0.2, -0.15) is 0 Å². The minimum Gasteiger partial charge on any atom is -0.351 e. The molecule has 20 heavy (non-hydrogen) atoms. The van der Waals surface area contributed by atoms with Crippen LogP contribution < -0.4 is 10.6 Å². The van der Waals surface area contributed by atoms with Crippen LogP contribution in [0.5, 0.6) is 0 Å². The van der Waals surface area contributed by atoms with Gasteiger partial charge in [-0.15, -0.1) is 0 Å². The van der Waals surface area contributed by atoms with Crippen LogP contribution in [0.3, 0.4) is 0 Å². The van der Waals surface area contributed by atoms with Gasteiger partial charge in [0, 0.05) is 12.1 Å². The van der Waals surface area contributed by atoms with Crippen molar-refractivity contribution < 1.29 is 4.79 Å². The second kappa shape index (κ2) is 6.89. The molecular weight excluding hydrogens is 248 g/mol. The number of hydrogen-bond acceptors (Lipinski definition) is 2. The lowest BCUT2D eigenvalue weighted by Gasteiger charge is -2.30. The Morgan fingerprint density at radius 3 is 2.75 bits per heavy atom. The lowest BCUT2D eigenvalue weighted by atomic mass is 9.92. The Balaban J connectivity index is 1.82. The predicted octanol–water partition coefficient (Wildman–Crippen LogP) is 2.51. The highest BCUT2D eigenvalue weighted by Gasteiger charge is 2.26. The maximum absolute atomic E-state index is 12.3. The van der Waals surface area contributed by atoms with Gasteiger partial charge >= 0.3 is 0 Å². The van der Waals surface area contributed by atoms with E-state index in [1.54, 1.807) is 0 Å². The molecule has 1 amide bonds. The van der Waals surface area contributed by atoms with Gasteiger partial charge in [-0.3, -0.25) is 4.79 Å². The summed E-state index contributed by atoms with van der Waals surface area (Å²) >= 11 is 0. The summed E-state index contributed by atoms with van der Waals surface area (Å²) in [5.41, 5.74) is 1.18. The standard InChI is InChI=1S/C17H26N2O/c1-17(2,11-10-14-7-4-3-5-8-14)19-16(20)15-9-6-12-18-13-15/h3-5,7-8,15,18H,6,9-13H2,1-2H3,(H,19,20)/t15-/m1/s1. The average Bonchev–Trinajstić information content (AvgIpc) is 2.47. The van der Waals surface area contributed by atoms with Gasteiger partial charge in [0.15, 0.2) is 0 Å². The maximum atomic E-state index is 12.3. The highest BCUT2D eigenvalue weighted by molar-refractivity contribution is 5.79. The van der Waals surface area contributed by atoms with Crippen LogP contribution in [-0.2, 0) is 11.2 Å². The van der Waals surface area contributed by atoms with Crippen LogP contribution in [0.4, 0.5) is 0 Å². The van der Waals surface area contributed by atoms with Gasteiger partial charge in [0.1, 0.15) is 0 Å². The van der Waals surface area contributed by atoms with Crippen LogP contribution in [-0.4, -0.2) is 24.5 Å². The summed E-state index contributed by atoms with van der Waals surface area (Å²) in [7, 11) is 0. The Morgan fingerprint density at radius 1 is 1.35 bits per heavy atom. The van der Waals surface area contributed by atoms with Crippen molar-refractivity contribution in [3.05, 3.63) is 35.9 Å². The van der Waals surface area contributed by atoms with Crippen LogP contribution in [0.25, 0.3) is 0 Å². The summed E-state index contributed by atoms with van der Waals surface area (Å²) in [4.78, 5) is 12.3. The number of carbonyl (C=O) groups is 1. The van der Waals surface area contributed by atoms with E-state index in [1.165, 1.54) is 5.56 Å². The highest BCUT2D eigenvalue weighted by Crippen LogP contribution is 2.16. The normalized spacial score (nSPS) is 19.6. The van der Waals surface area contributed by atoms with Crippen molar-refractivity contribution in [3.8, 4) is 0 Å². The highest BCUT2D eigenvalue weighted by atomic mass is 16.2. The van der Waals surface area contributed by atoms with Gasteiger partial charge in [0.05, 0.1) is 5.92 Å². The Bertz CT molecular complexity index is 422. The summed E-state index contributed by atoms with van der Waals surface area (Å²) < 4.78 is 0. The monoisotopic (exact) mass is 274 g/mol. The van der Waals surface area contributed by atoms with Crippen LogP contribution in [0, 0.1) is 5.92 Å². The summed E-state index contributed by atoms with van der Waals surface area (Å²) in [6, 6.07) is 10.4. The molecule has 1 atom stereocenters. The Labute approximate surface area is 122 Å². The molecule has 3 heteroatoms. The summed E-state index contributed by atoms with van der Waals surface area (Å²) in [6.45, 7) is 6.09. The second-order valence-electron chi connectivity index (χ2n) is 6.40. The number of benzene rings is 1. The molecule has 0 aliphatic carbocycles. The molecule has 1 aliphatic heterocycles. The first-order valence-electron chi connectivity index (χ1n) is 7.63. The van der Waals surface area contributed by atoms with E-state index >= 15 is 0 Å². The largest absolute Gasteiger partial charge is 0.351 e. The SMILES string of the molecule is CC(C)(CCc1ccccc1)NC(=O)[C@@H]1CCCNC1. The fourth-order valence-electron chi connectivity index (χ4n) is 2.68. The zero-order chi connectivity index (χ0) is 14.4.